The normalized spacial score (nSPS) is 13.4. The number of aryl methyl sites for hydroxylation is 1. The Labute approximate surface area is 123 Å². The van der Waals surface area contributed by atoms with Gasteiger partial charge in [-0.25, -0.2) is 0 Å². The third-order valence-corrected chi connectivity index (χ3v) is 3.73. The fourth-order valence-electron chi connectivity index (χ4n) is 2.65. The van der Waals surface area contributed by atoms with Gasteiger partial charge in [-0.2, -0.15) is 5.26 Å². The maximum absolute atomic E-state index is 12.7. The number of carbonyl (C=O) groups excluding carboxylic acids is 1. The lowest BCUT2D eigenvalue weighted by atomic mass is 10.00. The minimum absolute atomic E-state index is 0.0500. The van der Waals surface area contributed by atoms with Crippen molar-refractivity contribution in [3.63, 3.8) is 0 Å². The van der Waals surface area contributed by atoms with E-state index in [1.807, 2.05) is 18.2 Å². The number of rotatable bonds is 1. The third-order valence-electron chi connectivity index (χ3n) is 3.73. The number of fused-ring (bicyclic) bond motifs is 1. The molecule has 0 saturated heterocycles. The Morgan fingerprint density at radius 1 is 1.19 bits per heavy atom. The minimum Gasteiger partial charge on any atom is -0.399 e. The van der Waals surface area contributed by atoms with Crippen molar-refractivity contribution in [2.75, 3.05) is 17.2 Å². The van der Waals surface area contributed by atoms with Crippen molar-refractivity contribution in [2.45, 2.75) is 12.8 Å². The first-order chi connectivity index (χ1) is 10.2. The van der Waals surface area contributed by atoms with Crippen LogP contribution in [0.1, 0.15) is 27.9 Å². The van der Waals surface area contributed by atoms with E-state index in [2.05, 4.69) is 6.07 Å². The molecule has 2 aromatic rings. The average molecular weight is 277 g/mol. The van der Waals surface area contributed by atoms with E-state index in [9.17, 15) is 4.79 Å². The number of carbonyl (C=O) groups is 1. The highest BCUT2D eigenvalue weighted by molar-refractivity contribution is 6.07. The van der Waals surface area contributed by atoms with Gasteiger partial charge in [0, 0.05) is 23.5 Å². The van der Waals surface area contributed by atoms with Crippen molar-refractivity contribution in [1.29, 1.82) is 5.26 Å². The van der Waals surface area contributed by atoms with Crippen LogP contribution in [0.2, 0.25) is 0 Å². The Balaban J connectivity index is 1.96. The number of hydrogen-bond acceptors (Lipinski definition) is 3. The van der Waals surface area contributed by atoms with Crippen LogP contribution in [0.5, 0.6) is 0 Å². The largest absolute Gasteiger partial charge is 0.399 e. The highest BCUT2D eigenvalue weighted by Crippen LogP contribution is 2.30. The van der Waals surface area contributed by atoms with Gasteiger partial charge in [-0.15, -0.1) is 0 Å². The van der Waals surface area contributed by atoms with Crippen LogP contribution in [0.4, 0.5) is 11.4 Å². The topological polar surface area (TPSA) is 70.1 Å². The molecular weight excluding hydrogens is 262 g/mol. The van der Waals surface area contributed by atoms with E-state index in [1.165, 1.54) is 0 Å². The fourth-order valence-corrected chi connectivity index (χ4v) is 2.65. The van der Waals surface area contributed by atoms with Crippen LogP contribution < -0.4 is 10.6 Å². The van der Waals surface area contributed by atoms with Crippen LogP contribution in [-0.4, -0.2) is 12.5 Å². The highest BCUT2D eigenvalue weighted by Gasteiger charge is 2.23. The van der Waals surface area contributed by atoms with Gasteiger partial charge < -0.3 is 10.6 Å². The lowest BCUT2D eigenvalue weighted by Crippen LogP contribution is -2.35. The molecule has 1 heterocycles. The SMILES string of the molecule is N#Cc1ccc(C(=O)N2CCCc3ccc(N)cc32)cc1. The molecule has 0 radical (unpaired) electrons. The Kier molecular flexibility index (Phi) is 3.33. The van der Waals surface area contributed by atoms with Gasteiger partial charge in [0.1, 0.15) is 0 Å². The second-order valence-electron chi connectivity index (χ2n) is 5.14. The van der Waals surface area contributed by atoms with Gasteiger partial charge in [0.15, 0.2) is 0 Å². The number of nitrogens with zero attached hydrogens (tertiary/aromatic N) is 2. The molecule has 3 rings (SSSR count). The number of benzene rings is 2. The number of hydrogen-bond donors (Lipinski definition) is 1. The molecule has 0 atom stereocenters. The van der Waals surface area contributed by atoms with Crippen LogP contribution in [0.15, 0.2) is 42.5 Å². The predicted molar refractivity (Wildman–Crippen MR) is 82.0 cm³/mol. The summed E-state index contributed by atoms with van der Waals surface area (Å²) >= 11 is 0. The van der Waals surface area contributed by atoms with Gasteiger partial charge in [-0.05, 0) is 54.8 Å². The van der Waals surface area contributed by atoms with Gasteiger partial charge in [-0.3, -0.25) is 4.79 Å². The molecule has 0 spiro atoms. The second-order valence-corrected chi connectivity index (χ2v) is 5.14. The number of amides is 1. The van der Waals surface area contributed by atoms with Crippen molar-refractivity contribution in [1.82, 2.24) is 0 Å². The molecule has 4 heteroatoms. The number of nitrogen functional groups attached to an aromatic ring is 1. The monoisotopic (exact) mass is 277 g/mol. The number of nitriles is 1. The summed E-state index contributed by atoms with van der Waals surface area (Å²) in [4.78, 5) is 14.4. The van der Waals surface area contributed by atoms with E-state index in [0.717, 1.165) is 24.1 Å². The molecule has 2 aromatic carbocycles. The first-order valence-electron chi connectivity index (χ1n) is 6.89. The molecule has 0 aromatic heterocycles. The van der Waals surface area contributed by atoms with Crippen LogP contribution in [-0.2, 0) is 6.42 Å². The molecule has 0 saturated carbocycles. The van der Waals surface area contributed by atoms with Crippen molar-refractivity contribution >= 4 is 17.3 Å². The molecule has 0 aliphatic carbocycles. The molecule has 21 heavy (non-hydrogen) atoms. The van der Waals surface area contributed by atoms with Crippen LogP contribution >= 0.6 is 0 Å². The van der Waals surface area contributed by atoms with Crippen LogP contribution in [0.3, 0.4) is 0 Å². The molecule has 1 aliphatic heterocycles. The molecule has 2 N–H and O–H groups in total. The summed E-state index contributed by atoms with van der Waals surface area (Å²) in [5.41, 5.74) is 9.69. The molecule has 0 unspecified atom stereocenters. The second kappa shape index (κ2) is 5.29. The van der Waals surface area contributed by atoms with Crippen molar-refractivity contribution in [3.05, 3.63) is 59.2 Å². The summed E-state index contributed by atoms with van der Waals surface area (Å²) in [6, 6.07) is 14.5. The van der Waals surface area contributed by atoms with Gasteiger partial charge in [0.2, 0.25) is 0 Å². The van der Waals surface area contributed by atoms with Gasteiger partial charge in [-0.1, -0.05) is 6.07 Å². The fraction of sp³-hybridized carbons (Fsp3) is 0.176. The average Bonchev–Trinajstić information content (AvgIpc) is 2.53. The zero-order valence-electron chi connectivity index (χ0n) is 11.5. The maximum Gasteiger partial charge on any atom is 0.258 e. The summed E-state index contributed by atoms with van der Waals surface area (Å²) in [5, 5.41) is 8.82. The first-order valence-corrected chi connectivity index (χ1v) is 6.89. The molecular formula is C17H15N3O. The Hall–Kier alpha value is -2.80. The molecule has 1 amide bonds. The van der Waals surface area contributed by atoms with Crippen LogP contribution in [0.25, 0.3) is 0 Å². The summed E-state index contributed by atoms with van der Waals surface area (Å²) in [7, 11) is 0. The smallest absolute Gasteiger partial charge is 0.258 e. The van der Waals surface area contributed by atoms with Crippen molar-refractivity contribution < 1.29 is 4.79 Å². The van der Waals surface area contributed by atoms with E-state index in [0.29, 0.717) is 23.4 Å². The van der Waals surface area contributed by atoms with Gasteiger partial charge in [0.05, 0.1) is 11.6 Å². The lowest BCUT2D eigenvalue weighted by Gasteiger charge is -2.29. The quantitative estimate of drug-likeness (QED) is 0.815. The molecule has 0 fully saturated rings. The standard InChI is InChI=1S/C17H15N3O/c18-11-12-3-5-14(6-4-12)17(21)20-9-1-2-13-7-8-15(19)10-16(13)20/h3-8,10H,1-2,9,19H2. The molecule has 0 bridgehead atoms. The Bertz CT molecular complexity index is 729. The summed E-state index contributed by atoms with van der Waals surface area (Å²) in [6.45, 7) is 0.690. The number of nitrogens with two attached hydrogens (primary N) is 1. The zero-order chi connectivity index (χ0) is 14.8. The Morgan fingerprint density at radius 2 is 1.95 bits per heavy atom. The van der Waals surface area contributed by atoms with Gasteiger partial charge in [0.25, 0.3) is 5.91 Å². The van der Waals surface area contributed by atoms with Gasteiger partial charge >= 0.3 is 0 Å². The minimum atomic E-state index is -0.0500. The van der Waals surface area contributed by atoms with E-state index < -0.39 is 0 Å². The van der Waals surface area contributed by atoms with Crippen molar-refractivity contribution in [3.8, 4) is 6.07 Å². The maximum atomic E-state index is 12.7. The summed E-state index contributed by atoms with van der Waals surface area (Å²) in [6.07, 6.45) is 1.91. The molecule has 104 valence electrons. The summed E-state index contributed by atoms with van der Waals surface area (Å²) in [5.74, 6) is -0.0500. The molecule has 1 aliphatic rings. The highest BCUT2D eigenvalue weighted by atomic mass is 16.2. The van der Waals surface area contributed by atoms with Crippen molar-refractivity contribution in [2.24, 2.45) is 0 Å². The zero-order valence-corrected chi connectivity index (χ0v) is 11.5. The number of anilines is 2. The molecule has 4 nitrogen and oxygen atoms in total. The summed E-state index contributed by atoms with van der Waals surface area (Å²) < 4.78 is 0. The van der Waals surface area contributed by atoms with E-state index in [4.69, 9.17) is 11.0 Å². The van der Waals surface area contributed by atoms with E-state index in [-0.39, 0.29) is 5.91 Å². The van der Waals surface area contributed by atoms with E-state index >= 15 is 0 Å². The Morgan fingerprint density at radius 3 is 2.67 bits per heavy atom. The first kappa shape index (κ1) is 13.2. The third kappa shape index (κ3) is 2.46. The predicted octanol–water partition coefficient (Wildman–Crippen LogP) is 2.73. The lowest BCUT2D eigenvalue weighted by molar-refractivity contribution is 0.0985. The van der Waals surface area contributed by atoms with Crippen LogP contribution in [0, 0.1) is 11.3 Å². The van der Waals surface area contributed by atoms with E-state index in [1.54, 1.807) is 29.2 Å².